The van der Waals surface area contributed by atoms with Crippen LogP contribution in [0.15, 0.2) is 43.0 Å². The van der Waals surface area contributed by atoms with Crippen molar-refractivity contribution in [3.63, 3.8) is 0 Å². The van der Waals surface area contributed by atoms with E-state index < -0.39 is 0 Å². The molecule has 0 aliphatic heterocycles. The van der Waals surface area contributed by atoms with Crippen molar-refractivity contribution in [3.8, 4) is 17.1 Å². The molecule has 0 fully saturated rings. The zero-order valence-corrected chi connectivity index (χ0v) is 12.2. The summed E-state index contributed by atoms with van der Waals surface area (Å²) in [6.07, 6.45) is 7.23. The second kappa shape index (κ2) is 4.73. The van der Waals surface area contributed by atoms with Gasteiger partial charge < -0.3 is 0 Å². The Bertz CT molecular complexity index is 950. The van der Waals surface area contributed by atoms with Gasteiger partial charge in [0.1, 0.15) is 17.2 Å². The average Bonchev–Trinajstić information content (AvgIpc) is 3.15. The smallest absolute Gasteiger partial charge is 0.147 e. The molecule has 7 nitrogen and oxygen atoms in total. The lowest BCUT2D eigenvalue weighted by Gasteiger charge is -2.07. The molecule has 0 bridgehead atoms. The quantitative estimate of drug-likeness (QED) is 0.564. The number of aryl methyl sites for hydroxylation is 2. The van der Waals surface area contributed by atoms with Crippen LogP contribution in [0, 0.1) is 6.92 Å². The lowest BCUT2D eigenvalue weighted by Crippen LogP contribution is -1.98. The van der Waals surface area contributed by atoms with Crippen LogP contribution in [0.2, 0.25) is 0 Å². The number of benzene rings is 1. The average molecular weight is 291 g/mol. The predicted octanol–water partition coefficient (Wildman–Crippen LogP) is 1.92. The Labute approximate surface area is 126 Å². The molecule has 0 aliphatic rings. The van der Waals surface area contributed by atoms with Crippen LogP contribution in [0.25, 0.3) is 28.1 Å². The highest BCUT2D eigenvalue weighted by atomic mass is 15.4. The first-order chi connectivity index (χ1) is 10.7. The molecule has 7 heteroatoms. The summed E-state index contributed by atoms with van der Waals surface area (Å²) in [7, 11) is 1.88. The van der Waals surface area contributed by atoms with Crippen LogP contribution in [0.1, 0.15) is 5.82 Å². The lowest BCUT2D eigenvalue weighted by atomic mass is 10.2. The molecule has 22 heavy (non-hydrogen) atoms. The second-order valence-electron chi connectivity index (χ2n) is 5.03. The summed E-state index contributed by atoms with van der Waals surface area (Å²) in [6.45, 7) is 1.86. The predicted molar refractivity (Wildman–Crippen MR) is 81.4 cm³/mol. The first-order valence-corrected chi connectivity index (χ1v) is 6.84. The SMILES string of the molecule is Cc1ncc(-c2nccn2-c2ccc3c(c2)nnn3C)cn1. The molecule has 0 radical (unpaired) electrons. The first kappa shape index (κ1) is 12.6. The summed E-state index contributed by atoms with van der Waals surface area (Å²) in [4.78, 5) is 12.9. The van der Waals surface area contributed by atoms with Crippen molar-refractivity contribution in [3.05, 3.63) is 48.8 Å². The highest BCUT2D eigenvalue weighted by Crippen LogP contribution is 2.22. The Morgan fingerprint density at radius 1 is 1.05 bits per heavy atom. The van der Waals surface area contributed by atoms with Crippen molar-refractivity contribution in [2.75, 3.05) is 0 Å². The maximum absolute atomic E-state index is 4.42. The van der Waals surface area contributed by atoms with E-state index in [9.17, 15) is 0 Å². The van der Waals surface area contributed by atoms with Gasteiger partial charge in [-0.05, 0) is 25.1 Å². The van der Waals surface area contributed by atoms with Gasteiger partial charge in [-0.3, -0.25) is 4.57 Å². The molecule has 0 atom stereocenters. The summed E-state index contributed by atoms with van der Waals surface area (Å²) < 4.78 is 3.74. The van der Waals surface area contributed by atoms with Gasteiger partial charge in [0.05, 0.1) is 11.1 Å². The van der Waals surface area contributed by atoms with Gasteiger partial charge in [0.2, 0.25) is 0 Å². The normalized spacial score (nSPS) is 11.2. The number of hydrogen-bond donors (Lipinski definition) is 0. The third kappa shape index (κ3) is 1.95. The molecule has 0 N–H and O–H groups in total. The fourth-order valence-corrected chi connectivity index (χ4v) is 2.41. The Kier molecular flexibility index (Phi) is 2.72. The highest BCUT2D eigenvalue weighted by Gasteiger charge is 2.10. The number of nitrogens with zero attached hydrogens (tertiary/aromatic N) is 7. The van der Waals surface area contributed by atoms with E-state index in [1.165, 1.54) is 0 Å². The van der Waals surface area contributed by atoms with Gasteiger partial charge in [0, 0.05) is 37.5 Å². The minimum absolute atomic E-state index is 0.739. The summed E-state index contributed by atoms with van der Waals surface area (Å²) in [5, 5.41) is 8.19. The zero-order chi connectivity index (χ0) is 15.1. The largest absolute Gasteiger partial charge is 0.300 e. The van der Waals surface area contributed by atoms with Crippen molar-refractivity contribution in [1.82, 2.24) is 34.5 Å². The van der Waals surface area contributed by atoms with Crippen molar-refractivity contribution >= 4 is 11.0 Å². The second-order valence-corrected chi connectivity index (χ2v) is 5.03. The fraction of sp³-hybridized carbons (Fsp3) is 0.133. The Hall–Kier alpha value is -3.09. The van der Waals surface area contributed by atoms with Crippen molar-refractivity contribution < 1.29 is 0 Å². The maximum atomic E-state index is 4.42. The van der Waals surface area contributed by atoms with Gasteiger partial charge in [0.15, 0.2) is 0 Å². The lowest BCUT2D eigenvalue weighted by molar-refractivity contribution is 0.736. The molecule has 3 heterocycles. The first-order valence-electron chi connectivity index (χ1n) is 6.84. The minimum Gasteiger partial charge on any atom is -0.300 e. The molecule has 0 aliphatic carbocycles. The van der Waals surface area contributed by atoms with Crippen LogP contribution < -0.4 is 0 Å². The molecular formula is C15H13N7. The Morgan fingerprint density at radius 3 is 2.68 bits per heavy atom. The summed E-state index contributed by atoms with van der Waals surface area (Å²) in [5.41, 5.74) is 3.68. The van der Waals surface area contributed by atoms with Crippen LogP contribution >= 0.6 is 0 Å². The summed E-state index contributed by atoms with van der Waals surface area (Å²) >= 11 is 0. The van der Waals surface area contributed by atoms with Crippen LogP contribution in [0.4, 0.5) is 0 Å². The standard InChI is InChI=1S/C15H13N7/c1-10-17-8-11(9-18-10)15-16-5-6-22(15)12-3-4-14-13(7-12)19-20-21(14)2/h3-9H,1-2H3. The van der Waals surface area contributed by atoms with E-state index in [0.717, 1.165) is 33.9 Å². The molecule has 0 amide bonds. The van der Waals surface area contributed by atoms with Crippen LogP contribution in [0.5, 0.6) is 0 Å². The molecule has 4 rings (SSSR count). The van der Waals surface area contributed by atoms with Crippen LogP contribution in [0.3, 0.4) is 0 Å². The molecule has 0 spiro atoms. The Balaban J connectivity index is 1.85. The van der Waals surface area contributed by atoms with Gasteiger partial charge in [-0.25, -0.2) is 19.6 Å². The molecular weight excluding hydrogens is 278 g/mol. The van der Waals surface area contributed by atoms with Crippen molar-refractivity contribution in [2.24, 2.45) is 7.05 Å². The van der Waals surface area contributed by atoms with E-state index in [-0.39, 0.29) is 0 Å². The Morgan fingerprint density at radius 2 is 1.86 bits per heavy atom. The van der Waals surface area contributed by atoms with E-state index >= 15 is 0 Å². The van der Waals surface area contributed by atoms with Gasteiger partial charge in [0.25, 0.3) is 0 Å². The minimum atomic E-state index is 0.739. The van der Waals surface area contributed by atoms with Gasteiger partial charge >= 0.3 is 0 Å². The van der Waals surface area contributed by atoms with E-state index in [4.69, 9.17) is 0 Å². The van der Waals surface area contributed by atoms with Crippen LogP contribution in [-0.4, -0.2) is 34.5 Å². The fourth-order valence-electron chi connectivity index (χ4n) is 2.41. The molecule has 0 saturated heterocycles. The zero-order valence-electron chi connectivity index (χ0n) is 12.2. The van der Waals surface area contributed by atoms with Crippen molar-refractivity contribution in [1.29, 1.82) is 0 Å². The number of hydrogen-bond acceptors (Lipinski definition) is 5. The maximum Gasteiger partial charge on any atom is 0.147 e. The molecule has 0 unspecified atom stereocenters. The van der Waals surface area contributed by atoms with Gasteiger partial charge in [-0.15, -0.1) is 5.10 Å². The van der Waals surface area contributed by atoms with E-state index in [0.29, 0.717) is 0 Å². The molecule has 0 saturated carbocycles. The number of rotatable bonds is 2. The molecule has 4 aromatic rings. The topological polar surface area (TPSA) is 74.3 Å². The number of imidazole rings is 1. The third-order valence-corrected chi connectivity index (χ3v) is 3.55. The summed E-state index contributed by atoms with van der Waals surface area (Å²) in [6, 6.07) is 6.01. The van der Waals surface area contributed by atoms with Crippen molar-refractivity contribution in [2.45, 2.75) is 6.92 Å². The molecule has 108 valence electrons. The number of aromatic nitrogens is 7. The highest BCUT2D eigenvalue weighted by molar-refractivity contribution is 5.77. The summed E-state index contributed by atoms with van der Waals surface area (Å²) in [5.74, 6) is 1.53. The van der Waals surface area contributed by atoms with Crippen LogP contribution in [-0.2, 0) is 7.05 Å². The molecule has 3 aromatic heterocycles. The number of fused-ring (bicyclic) bond motifs is 1. The van der Waals surface area contributed by atoms with E-state index in [1.54, 1.807) is 23.3 Å². The van der Waals surface area contributed by atoms with E-state index in [2.05, 4.69) is 25.3 Å². The monoisotopic (exact) mass is 291 g/mol. The molecule has 1 aromatic carbocycles. The van der Waals surface area contributed by atoms with E-state index in [1.807, 2.05) is 42.9 Å². The van der Waals surface area contributed by atoms with Gasteiger partial charge in [-0.1, -0.05) is 5.21 Å². The van der Waals surface area contributed by atoms with Gasteiger partial charge in [-0.2, -0.15) is 0 Å². The third-order valence-electron chi connectivity index (χ3n) is 3.55.